The zero-order valence-corrected chi connectivity index (χ0v) is 17.0. The Morgan fingerprint density at radius 3 is 2.68 bits per heavy atom. The van der Waals surface area contributed by atoms with Gasteiger partial charge >= 0.3 is 5.97 Å². The molecule has 0 bridgehead atoms. The number of aromatic nitrogens is 2. The summed E-state index contributed by atoms with van der Waals surface area (Å²) in [6.45, 7) is -0.0857. The van der Waals surface area contributed by atoms with Gasteiger partial charge < -0.3 is 9.84 Å². The van der Waals surface area contributed by atoms with Gasteiger partial charge in [-0.3, -0.25) is 4.98 Å². The van der Waals surface area contributed by atoms with Crippen molar-refractivity contribution in [3.63, 3.8) is 0 Å². The highest BCUT2D eigenvalue weighted by Crippen LogP contribution is 2.43. The number of carboxylic acid groups (broad SMARTS) is 1. The van der Waals surface area contributed by atoms with Crippen LogP contribution in [0.1, 0.15) is 46.6 Å². The van der Waals surface area contributed by atoms with E-state index in [0.717, 1.165) is 35.6 Å². The lowest BCUT2D eigenvalue weighted by Crippen LogP contribution is -2.04. The number of aromatic carboxylic acids is 1. The van der Waals surface area contributed by atoms with Gasteiger partial charge in [-0.25, -0.2) is 18.6 Å². The monoisotopic (exact) mass is 442 g/mol. The summed E-state index contributed by atoms with van der Waals surface area (Å²) in [5.41, 5.74) is 3.10. The summed E-state index contributed by atoms with van der Waals surface area (Å²) in [7, 11) is 0. The standard InChI is InChI=1S/C23H17ClF2N2O3/c24-14-5-7-22(31-12-13-4-6-15(25)9-19(13)26)18(8-14)16-2-1-3-17(16)20-10-27-11-21(28-20)23(29)30/h4-11H,1-3,12H2,(H,29,30). The molecule has 0 saturated heterocycles. The fraction of sp³-hybridized carbons (Fsp3) is 0.174. The molecule has 0 aliphatic heterocycles. The molecule has 1 heterocycles. The molecule has 31 heavy (non-hydrogen) atoms. The van der Waals surface area contributed by atoms with Crippen LogP contribution in [0.15, 0.2) is 48.8 Å². The minimum absolute atomic E-state index is 0.0857. The molecule has 0 unspecified atom stereocenters. The third-order valence-corrected chi connectivity index (χ3v) is 5.28. The predicted molar refractivity (Wildman–Crippen MR) is 112 cm³/mol. The maximum atomic E-state index is 14.0. The van der Waals surface area contributed by atoms with Crippen molar-refractivity contribution in [2.75, 3.05) is 0 Å². The molecule has 1 aliphatic rings. The topological polar surface area (TPSA) is 72.3 Å². The van der Waals surface area contributed by atoms with Crippen LogP contribution < -0.4 is 4.74 Å². The van der Waals surface area contributed by atoms with Crippen LogP contribution >= 0.6 is 11.6 Å². The molecule has 0 radical (unpaired) electrons. The first-order chi connectivity index (χ1) is 14.9. The number of carboxylic acids is 1. The Morgan fingerprint density at radius 1 is 1.10 bits per heavy atom. The first-order valence-electron chi connectivity index (χ1n) is 9.57. The molecular weight excluding hydrogens is 426 g/mol. The lowest BCUT2D eigenvalue weighted by Gasteiger charge is -2.15. The summed E-state index contributed by atoms with van der Waals surface area (Å²) < 4.78 is 33.0. The summed E-state index contributed by atoms with van der Waals surface area (Å²) in [5.74, 6) is -2.00. The first-order valence-corrected chi connectivity index (χ1v) is 9.94. The second kappa shape index (κ2) is 8.81. The van der Waals surface area contributed by atoms with Crippen LogP contribution in [0, 0.1) is 11.6 Å². The Hall–Kier alpha value is -3.32. The molecule has 0 saturated carbocycles. The minimum atomic E-state index is -1.15. The van der Waals surface area contributed by atoms with Gasteiger partial charge in [-0.05, 0) is 60.7 Å². The van der Waals surface area contributed by atoms with E-state index in [1.54, 1.807) is 18.2 Å². The smallest absolute Gasteiger partial charge is 0.356 e. The highest BCUT2D eigenvalue weighted by Gasteiger charge is 2.23. The molecule has 0 amide bonds. The number of allylic oxidation sites excluding steroid dienone is 2. The quantitative estimate of drug-likeness (QED) is 0.524. The van der Waals surface area contributed by atoms with E-state index in [4.69, 9.17) is 16.3 Å². The van der Waals surface area contributed by atoms with E-state index in [2.05, 4.69) is 9.97 Å². The van der Waals surface area contributed by atoms with Crippen molar-refractivity contribution >= 4 is 28.7 Å². The Bertz CT molecular complexity index is 1200. The van der Waals surface area contributed by atoms with Gasteiger partial charge in [0.15, 0.2) is 5.69 Å². The van der Waals surface area contributed by atoms with E-state index in [1.165, 1.54) is 24.5 Å². The van der Waals surface area contributed by atoms with E-state index in [1.807, 2.05) is 0 Å². The lowest BCUT2D eigenvalue weighted by molar-refractivity contribution is 0.0690. The molecule has 158 valence electrons. The van der Waals surface area contributed by atoms with Gasteiger partial charge in [-0.1, -0.05) is 11.6 Å². The van der Waals surface area contributed by atoms with Gasteiger partial charge in [0, 0.05) is 22.2 Å². The average Bonchev–Trinajstić information content (AvgIpc) is 3.23. The van der Waals surface area contributed by atoms with E-state index in [0.29, 0.717) is 22.9 Å². The van der Waals surface area contributed by atoms with Crippen LogP contribution in [0.4, 0.5) is 8.78 Å². The van der Waals surface area contributed by atoms with Crippen molar-refractivity contribution in [1.29, 1.82) is 0 Å². The van der Waals surface area contributed by atoms with Crippen LogP contribution in [0.25, 0.3) is 11.1 Å². The van der Waals surface area contributed by atoms with Crippen LogP contribution in [-0.2, 0) is 6.61 Å². The van der Waals surface area contributed by atoms with Gasteiger partial charge in [-0.15, -0.1) is 0 Å². The highest BCUT2D eigenvalue weighted by molar-refractivity contribution is 6.30. The molecular formula is C23H17ClF2N2O3. The third-order valence-electron chi connectivity index (χ3n) is 5.05. The molecule has 1 N–H and O–H groups in total. The van der Waals surface area contributed by atoms with Crippen molar-refractivity contribution in [3.8, 4) is 5.75 Å². The van der Waals surface area contributed by atoms with Crippen molar-refractivity contribution in [1.82, 2.24) is 9.97 Å². The molecule has 4 rings (SSSR count). The molecule has 0 spiro atoms. The molecule has 3 aromatic rings. The third kappa shape index (κ3) is 4.56. The SMILES string of the molecule is O=C(O)c1cncc(C2=C(c3cc(Cl)ccc3OCc3ccc(F)cc3F)CCC2)n1. The largest absolute Gasteiger partial charge is 0.488 e. The maximum Gasteiger partial charge on any atom is 0.356 e. The summed E-state index contributed by atoms with van der Waals surface area (Å²) in [5, 5.41) is 9.72. The number of nitrogens with zero attached hydrogens (tertiary/aromatic N) is 2. The number of ether oxygens (including phenoxy) is 1. The summed E-state index contributed by atoms with van der Waals surface area (Å²) in [4.78, 5) is 19.5. The number of hydrogen-bond donors (Lipinski definition) is 1. The maximum absolute atomic E-state index is 14.0. The number of halogens is 3. The number of rotatable bonds is 6. The Labute approximate surface area is 182 Å². The molecule has 2 aromatic carbocycles. The fourth-order valence-corrected chi connectivity index (χ4v) is 3.77. The Kier molecular flexibility index (Phi) is 5.95. The average molecular weight is 443 g/mol. The molecule has 8 heteroatoms. The normalized spacial score (nSPS) is 13.5. The van der Waals surface area contributed by atoms with Crippen molar-refractivity contribution in [3.05, 3.63) is 88.0 Å². The molecule has 1 aliphatic carbocycles. The van der Waals surface area contributed by atoms with Crippen LogP contribution in [-0.4, -0.2) is 21.0 Å². The predicted octanol–water partition coefficient (Wildman–Crippen LogP) is 5.78. The van der Waals surface area contributed by atoms with Crippen molar-refractivity contribution in [2.45, 2.75) is 25.9 Å². The Morgan fingerprint density at radius 2 is 1.90 bits per heavy atom. The number of carbonyl (C=O) groups is 1. The van der Waals surface area contributed by atoms with E-state index in [9.17, 15) is 18.7 Å². The van der Waals surface area contributed by atoms with Gasteiger partial charge in [0.2, 0.25) is 0 Å². The van der Waals surface area contributed by atoms with Crippen molar-refractivity contribution in [2.24, 2.45) is 0 Å². The minimum Gasteiger partial charge on any atom is -0.488 e. The molecule has 1 aromatic heterocycles. The van der Waals surface area contributed by atoms with E-state index < -0.39 is 17.6 Å². The second-order valence-electron chi connectivity index (χ2n) is 7.07. The highest BCUT2D eigenvalue weighted by atomic mass is 35.5. The van der Waals surface area contributed by atoms with E-state index in [-0.39, 0.29) is 17.9 Å². The summed E-state index contributed by atoms with van der Waals surface area (Å²) >= 11 is 6.23. The summed E-state index contributed by atoms with van der Waals surface area (Å²) in [6, 6.07) is 8.45. The van der Waals surface area contributed by atoms with Crippen LogP contribution in [0.3, 0.4) is 0 Å². The number of benzene rings is 2. The lowest BCUT2D eigenvalue weighted by atomic mass is 9.99. The van der Waals surface area contributed by atoms with Crippen molar-refractivity contribution < 1.29 is 23.4 Å². The molecule has 0 fully saturated rings. The van der Waals surface area contributed by atoms with Crippen LogP contribution in [0.5, 0.6) is 5.75 Å². The summed E-state index contributed by atoms with van der Waals surface area (Å²) in [6.07, 6.45) is 5.00. The van der Waals surface area contributed by atoms with E-state index >= 15 is 0 Å². The number of hydrogen-bond acceptors (Lipinski definition) is 4. The second-order valence-corrected chi connectivity index (χ2v) is 7.51. The van der Waals surface area contributed by atoms with Gasteiger partial charge in [0.25, 0.3) is 0 Å². The molecule has 0 atom stereocenters. The molecule has 5 nitrogen and oxygen atoms in total. The zero-order valence-electron chi connectivity index (χ0n) is 16.2. The van der Waals surface area contributed by atoms with Gasteiger partial charge in [-0.2, -0.15) is 0 Å². The van der Waals surface area contributed by atoms with Crippen LogP contribution in [0.2, 0.25) is 5.02 Å². The first kappa shape index (κ1) is 20.9. The van der Waals surface area contributed by atoms with Gasteiger partial charge in [0.1, 0.15) is 24.0 Å². The Balaban J connectivity index is 1.71. The zero-order chi connectivity index (χ0) is 22.0. The fourth-order valence-electron chi connectivity index (χ4n) is 3.60. The van der Waals surface area contributed by atoms with Gasteiger partial charge in [0.05, 0.1) is 18.1 Å².